The standard InChI is InChI=1S/C15H21N3O4/c1-21-7-5-17(6-8-22-2)13-3-4-14-16-12(9-15(19)20)10-18(14)11-13/h3-4,10-11H,5-9H2,1-2H3,(H,19,20). The average Bonchev–Trinajstić information content (AvgIpc) is 2.87. The summed E-state index contributed by atoms with van der Waals surface area (Å²) in [6.45, 7) is 2.75. The van der Waals surface area contributed by atoms with Gasteiger partial charge in [0.1, 0.15) is 5.65 Å². The Balaban J connectivity index is 2.22. The maximum absolute atomic E-state index is 10.8. The molecule has 0 amide bonds. The molecule has 7 nitrogen and oxygen atoms in total. The van der Waals surface area contributed by atoms with E-state index in [1.807, 2.05) is 22.7 Å². The van der Waals surface area contributed by atoms with Crippen molar-refractivity contribution in [2.75, 3.05) is 45.4 Å². The van der Waals surface area contributed by atoms with E-state index in [2.05, 4.69) is 9.88 Å². The van der Waals surface area contributed by atoms with Gasteiger partial charge in [-0.3, -0.25) is 4.79 Å². The van der Waals surface area contributed by atoms with Gasteiger partial charge in [-0.1, -0.05) is 0 Å². The van der Waals surface area contributed by atoms with E-state index in [1.54, 1.807) is 20.4 Å². The predicted octanol–water partition coefficient (Wildman–Crippen LogP) is 1.06. The first kappa shape index (κ1) is 16.3. The van der Waals surface area contributed by atoms with Crippen LogP contribution in [0.5, 0.6) is 0 Å². The van der Waals surface area contributed by atoms with Gasteiger partial charge in [-0.2, -0.15) is 0 Å². The second-order valence-corrected chi connectivity index (χ2v) is 4.93. The summed E-state index contributed by atoms with van der Waals surface area (Å²) in [5, 5.41) is 8.84. The molecule has 0 aliphatic heterocycles. The lowest BCUT2D eigenvalue weighted by atomic mass is 10.3. The normalized spacial score (nSPS) is 11.0. The summed E-state index contributed by atoms with van der Waals surface area (Å²) in [6.07, 6.45) is 3.62. The number of hydrogen-bond donors (Lipinski definition) is 1. The fraction of sp³-hybridized carbons (Fsp3) is 0.467. The third kappa shape index (κ3) is 4.19. The molecule has 0 aliphatic rings. The van der Waals surface area contributed by atoms with Crippen LogP contribution in [0.4, 0.5) is 5.69 Å². The van der Waals surface area contributed by atoms with Crippen LogP contribution in [-0.4, -0.2) is 61.0 Å². The van der Waals surface area contributed by atoms with Crippen molar-refractivity contribution in [3.63, 3.8) is 0 Å². The Hall–Kier alpha value is -2.12. The van der Waals surface area contributed by atoms with Crippen LogP contribution in [0.2, 0.25) is 0 Å². The van der Waals surface area contributed by atoms with E-state index in [1.165, 1.54) is 0 Å². The molecule has 0 saturated heterocycles. The first-order chi connectivity index (χ1) is 10.6. The van der Waals surface area contributed by atoms with Crippen molar-refractivity contribution in [2.24, 2.45) is 0 Å². The Morgan fingerprint density at radius 3 is 2.50 bits per heavy atom. The molecule has 7 heteroatoms. The number of pyridine rings is 1. The van der Waals surface area contributed by atoms with E-state index in [9.17, 15) is 4.79 Å². The van der Waals surface area contributed by atoms with Gasteiger partial charge in [0.15, 0.2) is 0 Å². The van der Waals surface area contributed by atoms with Crippen LogP contribution < -0.4 is 4.90 Å². The molecule has 2 aromatic rings. The van der Waals surface area contributed by atoms with Crippen LogP contribution in [0.3, 0.4) is 0 Å². The number of hydrogen-bond acceptors (Lipinski definition) is 5. The highest BCUT2D eigenvalue weighted by Gasteiger charge is 2.10. The largest absolute Gasteiger partial charge is 0.481 e. The number of anilines is 1. The maximum atomic E-state index is 10.8. The van der Waals surface area contributed by atoms with Crippen LogP contribution in [0.15, 0.2) is 24.5 Å². The minimum Gasteiger partial charge on any atom is -0.481 e. The number of carboxylic acids is 1. The number of carboxylic acid groups (broad SMARTS) is 1. The number of rotatable bonds is 9. The van der Waals surface area contributed by atoms with E-state index in [-0.39, 0.29) is 6.42 Å². The number of carbonyl (C=O) groups is 1. The fourth-order valence-corrected chi connectivity index (χ4v) is 2.23. The average molecular weight is 307 g/mol. The minimum absolute atomic E-state index is 0.0753. The highest BCUT2D eigenvalue weighted by Crippen LogP contribution is 2.16. The molecule has 22 heavy (non-hydrogen) atoms. The quantitative estimate of drug-likeness (QED) is 0.746. The highest BCUT2D eigenvalue weighted by atomic mass is 16.5. The van der Waals surface area contributed by atoms with Crippen molar-refractivity contribution in [2.45, 2.75) is 6.42 Å². The maximum Gasteiger partial charge on any atom is 0.309 e. The van der Waals surface area contributed by atoms with Crippen LogP contribution in [0.1, 0.15) is 5.69 Å². The van der Waals surface area contributed by atoms with Crippen molar-refractivity contribution < 1.29 is 19.4 Å². The van der Waals surface area contributed by atoms with Crippen molar-refractivity contribution in [3.05, 3.63) is 30.2 Å². The van der Waals surface area contributed by atoms with E-state index >= 15 is 0 Å². The van der Waals surface area contributed by atoms with Crippen molar-refractivity contribution in [1.82, 2.24) is 9.38 Å². The molecule has 120 valence electrons. The number of aromatic nitrogens is 2. The Kier molecular flexibility index (Phi) is 5.74. The molecule has 2 aromatic heterocycles. The van der Waals surface area contributed by atoms with Crippen LogP contribution in [0, 0.1) is 0 Å². The lowest BCUT2D eigenvalue weighted by molar-refractivity contribution is -0.136. The van der Waals surface area contributed by atoms with Crippen LogP contribution >= 0.6 is 0 Å². The van der Waals surface area contributed by atoms with Gasteiger partial charge in [-0.05, 0) is 12.1 Å². The van der Waals surface area contributed by atoms with E-state index in [4.69, 9.17) is 14.6 Å². The molecule has 1 N–H and O–H groups in total. The van der Waals surface area contributed by atoms with Gasteiger partial charge in [0.05, 0.1) is 31.0 Å². The zero-order valence-corrected chi connectivity index (χ0v) is 12.9. The van der Waals surface area contributed by atoms with Crippen LogP contribution in [-0.2, 0) is 20.7 Å². The molecule has 0 aliphatic carbocycles. The molecule has 2 heterocycles. The molecule has 0 bridgehead atoms. The van der Waals surface area contributed by atoms with Crippen molar-refractivity contribution in [3.8, 4) is 0 Å². The molecule has 0 radical (unpaired) electrons. The number of fused-ring (bicyclic) bond motifs is 1. The molecule has 0 fully saturated rings. The summed E-state index contributed by atoms with van der Waals surface area (Å²) in [4.78, 5) is 17.2. The van der Waals surface area contributed by atoms with Crippen molar-refractivity contribution >= 4 is 17.3 Å². The number of methoxy groups -OCH3 is 2. The Morgan fingerprint density at radius 1 is 1.23 bits per heavy atom. The zero-order valence-electron chi connectivity index (χ0n) is 12.9. The Bertz CT molecular complexity index is 618. The van der Waals surface area contributed by atoms with Gasteiger partial charge < -0.3 is 23.9 Å². The summed E-state index contributed by atoms with van der Waals surface area (Å²) in [5.74, 6) is -0.884. The van der Waals surface area contributed by atoms with Crippen molar-refractivity contribution in [1.29, 1.82) is 0 Å². The third-order valence-electron chi connectivity index (χ3n) is 3.31. The first-order valence-electron chi connectivity index (χ1n) is 7.06. The predicted molar refractivity (Wildman–Crippen MR) is 82.5 cm³/mol. The highest BCUT2D eigenvalue weighted by molar-refractivity contribution is 5.70. The zero-order chi connectivity index (χ0) is 15.9. The number of imidazole rings is 1. The summed E-state index contributed by atoms with van der Waals surface area (Å²) in [7, 11) is 3.34. The van der Waals surface area contributed by atoms with E-state index < -0.39 is 5.97 Å². The van der Waals surface area contributed by atoms with Gasteiger partial charge in [0, 0.05) is 39.7 Å². The smallest absolute Gasteiger partial charge is 0.309 e. The summed E-state index contributed by atoms with van der Waals surface area (Å²) < 4.78 is 12.1. The first-order valence-corrected chi connectivity index (χ1v) is 7.06. The molecule has 2 rings (SSSR count). The molecule has 0 aromatic carbocycles. The lowest BCUT2D eigenvalue weighted by Gasteiger charge is -2.24. The fourth-order valence-electron chi connectivity index (χ4n) is 2.23. The number of aliphatic carboxylic acids is 1. The molecular weight excluding hydrogens is 286 g/mol. The summed E-state index contributed by atoms with van der Waals surface area (Å²) in [6, 6.07) is 3.85. The van der Waals surface area contributed by atoms with Gasteiger partial charge in [0.25, 0.3) is 0 Å². The second-order valence-electron chi connectivity index (χ2n) is 4.93. The number of ether oxygens (including phenoxy) is 2. The van der Waals surface area contributed by atoms with Gasteiger partial charge in [0.2, 0.25) is 0 Å². The van der Waals surface area contributed by atoms with Crippen LogP contribution in [0.25, 0.3) is 5.65 Å². The van der Waals surface area contributed by atoms with Gasteiger partial charge >= 0.3 is 5.97 Å². The SMILES string of the molecule is COCCN(CCOC)c1ccc2nc(CC(=O)O)cn2c1. The number of nitrogens with zero attached hydrogens (tertiary/aromatic N) is 3. The van der Waals surface area contributed by atoms with Gasteiger partial charge in [-0.15, -0.1) is 0 Å². The monoisotopic (exact) mass is 307 g/mol. The molecule has 0 atom stereocenters. The second kappa shape index (κ2) is 7.77. The minimum atomic E-state index is -0.884. The molecular formula is C15H21N3O4. The Morgan fingerprint density at radius 2 is 1.91 bits per heavy atom. The molecule has 0 saturated carbocycles. The van der Waals surface area contributed by atoms with Gasteiger partial charge in [-0.25, -0.2) is 4.98 Å². The molecule has 0 spiro atoms. The van der Waals surface area contributed by atoms with E-state index in [0.29, 0.717) is 18.9 Å². The summed E-state index contributed by atoms with van der Waals surface area (Å²) in [5.41, 5.74) is 2.30. The molecule has 0 unspecified atom stereocenters. The third-order valence-corrected chi connectivity index (χ3v) is 3.31. The topological polar surface area (TPSA) is 76.3 Å². The van der Waals surface area contributed by atoms with E-state index in [0.717, 1.165) is 24.4 Å². The summed E-state index contributed by atoms with van der Waals surface area (Å²) >= 11 is 0. The Labute approximate surface area is 129 Å². The lowest BCUT2D eigenvalue weighted by Crippen LogP contribution is -2.30.